The topological polar surface area (TPSA) is 62.4 Å². The minimum Gasteiger partial charge on any atom is -0.324 e. The van der Waals surface area contributed by atoms with Crippen LogP contribution in [0.15, 0.2) is 34.2 Å². The smallest absolute Gasteiger partial charge is 0.288 e. The maximum Gasteiger partial charge on any atom is 0.288 e. The van der Waals surface area contributed by atoms with Crippen molar-refractivity contribution in [2.24, 2.45) is 10.8 Å². The Kier molecular flexibility index (Phi) is 5.00. The number of anilines is 1. The van der Waals surface area contributed by atoms with Gasteiger partial charge < -0.3 is 5.32 Å². The number of para-hydroxylation sites is 1. The maximum atomic E-state index is 12.3. The van der Waals surface area contributed by atoms with Crippen molar-refractivity contribution in [2.45, 2.75) is 10.7 Å². The van der Waals surface area contributed by atoms with Gasteiger partial charge in [0.1, 0.15) is 0 Å². The molecule has 1 aromatic carbocycles. The zero-order valence-electron chi connectivity index (χ0n) is 8.58. The van der Waals surface area contributed by atoms with Gasteiger partial charge in [-0.2, -0.15) is 8.78 Å². The molecule has 0 saturated carbocycles. The lowest BCUT2D eigenvalue weighted by atomic mass is 10.3. The predicted molar refractivity (Wildman–Crippen MR) is 62.6 cm³/mol. The largest absolute Gasteiger partial charge is 0.324 e. The Balaban J connectivity index is 2.86. The first-order valence-electron chi connectivity index (χ1n) is 4.41. The van der Waals surface area contributed by atoms with Crippen molar-refractivity contribution < 1.29 is 8.78 Å². The van der Waals surface area contributed by atoms with E-state index in [2.05, 4.69) is 15.7 Å². The fourth-order valence-corrected chi connectivity index (χ4v) is 1.65. The van der Waals surface area contributed by atoms with Crippen LogP contribution in [0.25, 0.3) is 0 Å². The predicted octanol–water partition coefficient (Wildman–Crippen LogP) is 1.86. The molecule has 0 radical (unpaired) electrons. The Morgan fingerprint density at radius 3 is 2.69 bits per heavy atom. The monoisotopic (exact) mass is 246 g/mol. The molecule has 0 heterocycles. The van der Waals surface area contributed by atoms with E-state index < -0.39 is 5.76 Å². The van der Waals surface area contributed by atoms with Crippen LogP contribution in [0, 0.1) is 0 Å². The van der Waals surface area contributed by atoms with Crippen LogP contribution in [0.1, 0.15) is 0 Å². The van der Waals surface area contributed by atoms with Crippen molar-refractivity contribution in [2.75, 3.05) is 12.4 Å². The quantitative estimate of drug-likeness (QED) is 0.250. The van der Waals surface area contributed by atoms with Gasteiger partial charge in [0.2, 0.25) is 5.96 Å². The minimum atomic E-state index is -2.46. The molecular weight excluding hydrogens is 234 g/mol. The minimum absolute atomic E-state index is 0.308. The second-order valence-electron chi connectivity index (χ2n) is 2.72. The molecule has 0 aliphatic heterocycles. The maximum absolute atomic E-state index is 12.3. The van der Waals surface area contributed by atoms with Gasteiger partial charge in [-0.3, -0.25) is 10.4 Å². The number of nitrogens with zero attached hydrogens (tertiary/aromatic N) is 1. The third-order valence-corrected chi connectivity index (χ3v) is 2.50. The molecule has 0 unspecified atom stereocenters. The lowest BCUT2D eigenvalue weighted by molar-refractivity contribution is 0.252. The van der Waals surface area contributed by atoms with E-state index in [1.54, 1.807) is 24.3 Å². The second kappa shape index (κ2) is 6.29. The summed E-state index contributed by atoms with van der Waals surface area (Å²) < 4.78 is 24.5. The molecular formula is C9H12F2N4S. The highest BCUT2D eigenvalue weighted by molar-refractivity contribution is 7.99. The van der Waals surface area contributed by atoms with Crippen molar-refractivity contribution in [3.8, 4) is 0 Å². The zero-order chi connectivity index (χ0) is 12.0. The number of benzene rings is 1. The Morgan fingerprint density at radius 2 is 2.12 bits per heavy atom. The number of alkyl halides is 2. The van der Waals surface area contributed by atoms with Crippen molar-refractivity contribution in [3.05, 3.63) is 24.3 Å². The molecule has 0 aliphatic rings. The number of halogens is 2. The van der Waals surface area contributed by atoms with E-state index in [0.717, 1.165) is 0 Å². The first kappa shape index (κ1) is 12.7. The molecule has 1 aromatic rings. The standard InChI is InChI=1S/C9H12F2N4S/c1-13-9(15-12)14-6-4-2-3-5-7(6)16-8(10)11/h2-5,8H,12H2,1H3,(H2,13,14,15). The molecule has 0 aromatic heterocycles. The van der Waals surface area contributed by atoms with E-state index in [-0.39, 0.29) is 0 Å². The Labute approximate surface area is 96.3 Å². The molecule has 0 spiro atoms. The van der Waals surface area contributed by atoms with Crippen LogP contribution < -0.4 is 16.6 Å². The molecule has 0 saturated heterocycles. The number of guanidine groups is 1. The van der Waals surface area contributed by atoms with Crippen LogP contribution >= 0.6 is 11.8 Å². The summed E-state index contributed by atoms with van der Waals surface area (Å²) >= 11 is 0.469. The number of nitrogens with one attached hydrogen (secondary N) is 2. The van der Waals surface area contributed by atoms with E-state index >= 15 is 0 Å². The second-order valence-corrected chi connectivity index (χ2v) is 3.75. The summed E-state index contributed by atoms with van der Waals surface area (Å²) in [7, 11) is 1.53. The van der Waals surface area contributed by atoms with Crippen molar-refractivity contribution in [1.82, 2.24) is 5.43 Å². The molecule has 0 atom stereocenters. The number of hydrogen-bond acceptors (Lipinski definition) is 3. The summed E-state index contributed by atoms with van der Waals surface area (Å²) in [6.45, 7) is 0. The average molecular weight is 246 g/mol. The first-order valence-corrected chi connectivity index (χ1v) is 5.29. The summed E-state index contributed by atoms with van der Waals surface area (Å²) in [6, 6.07) is 6.70. The molecule has 0 bridgehead atoms. The lowest BCUT2D eigenvalue weighted by Gasteiger charge is -2.12. The summed E-state index contributed by atoms with van der Waals surface area (Å²) in [5.41, 5.74) is 2.86. The van der Waals surface area contributed by atoms with Crippen molar-refractivity contribution >= 4 is 23.4 Å². The number of hydrazine groups is 1. The lowest BCUT2D eigenvalue weighted by Crippen LogP contribution is -2.36. The molecule has 0 amide bonds. The number of hydrogen-bond donors (Lipinski definition) is 3. The van der Waals surface area contributed by atoms with Crippen LogP contribution in [-0.4, -0.2) is 18.8 Å². The molecule has 4 N–H and O–H groups in total. The number of aliphatic imine (C=N–C) groups is 1. The van der Waals surface area contributed by atoms with Gasteiger partial charge in [-0.25, -0.2) is 5.84 Å². The normalized spacial score (nSPS) is 11.7. The van der Waals surface area contributed by atoms with Gasteiger partial charge in [-0.05, 0) is 12.1 Å². The third kappa shape index (κ3) is 3.67. The highest BCUT2D eigenvalue weighted by atomic mass is 32.2. The van der Waals surface area contributed by atoms with E-state index in [0.29, 0.717) is 28.3 Å². The van der Waals surface area contributed by atoms with Crippen LogP contribution in [0.3, 0.4) is 0 Å². The van der Waals surface area contributed by atoms with Gasteiger partial charge in [0.15, 0.2) is 0 Å². The van der Waals surface area contributed by atoms with E-state index in [1.807, 2.05) is 0 Å². The van der Waals surface area contributed by atoms with Gasteiger partial charge in [-0.1, -0.05) is 23.9 Å². The molecule has 7 heteroatoms. The third-order valence-electron chi connectivity index (χ3n) is 1.72. The number of rotatable bonds is 3. The number of nitrogens with two attached hydrogens (primary N) is 1. The van der Waals surface area contributed by atoms with Crippen LogP contribution in [-0.2, 0) is 0 Å². The van der Waals surface area contributed by atoms with E-state index in [1.165, 1.54) is 7.05 Å². The van der Waals surface area contributed by atoms with Gasteiger partial charge in [0.25, 0.3) is 5.76 Å². The molecule has 0 aliphatic carbocycles. The molecule has 0 fully saturated rings. The van der Waals surface area contributed by atoms with Crippen LogP contribution in [0.4, 0.5) is 14.5 Å². The van der Waals surface area contributed by atoms with Crippen molar-refractivity contribution in [1.29, 1.82) is 0 Å². The van der Waals surface area contributed by atoms with Gasteiger partial charge >= 0.3 is 0 Å². The summed E-state index contributed by atoms with van der Waals surface area (Å²) in [5.74, 6) is 3.03. The molecule has 16 heavy (non-hydrogen) atoms. The Morgan fingerprint density at radius 1 is 1.44 bits per heavy atom. The fourth-order valence-electron chi connectivity index (χ4n) is 1.05. The number of thioether (sulfide) groups is 1. The van der Waals surface area contributed by atoms with Crippen LogP contribution in [0.2, 0.25) is 0 Å². The average Bonchev–Trinajstić information content (AvgIpc) is 2.27. The summed E-state index contributed by atoms with van der Waals surface area (Å²) in [4.78, 5) is 4.23. The summed E-state index contributed by atoms with van der Waals surface area (Å²) in [6.07, 6.45) is 0. The van der Waals surface area contributed by atoms with Gasteiger partial charge in [0.05, 0.1) is 5.69 Å². The van der Waals surface area contributed by atoms with E-state index in [9.17, 15) is 8.78 Å². The zero-order valence-corrected chi connectivity index (χ0v) is 9.39. The molecule has 1 rings (SSSR count). The molecule has 4 nitrogen and oxygen atoms in total. The van der Waals surface area contributed by atoms with Crippen molar-refractivity contribution in [3.63, 3.8) is 0 Å². The van der Waals surface area contributed by atoms with Gasteiger partial charge in [-0.15, -0.1) is 0 Å². The highest BCUT2D eigenvalue weighted by Gasteiger charge is 2.10. The Hall–Kier alpha value is -1.34. The fraction of sp³-hybridized carbons (Fsp3) is 0.222. The van der Waals surface area contributed by atoms with Gasteiger partial charge in [0, 0.05) is 11.9 Å². The van der Waals surface area contributed by atoms with Crippen LogP contribution in [0.5, 0.6) is 0 Å². The Bertz CT molecular complexity index is 370. The summed E-state index contributed by atoms with van der Waals surface area (Å²) in [5, 5.41) is 2.81. The van der Waals surface area contributed by atoms with E-state index in [4.69, 9.17) is 5.84 Å². The highest BCUT2D eigenvalue weighted by Crippen LogP contribution is 2.31. The first-order chi connectivity index (χ1) is 7.67. The molecule has 88 valence electrons. The SMILES string of the molecule is CN=C(NN)Nc1ccccc1SC(F)F.